The van der Waals surface area contributed by atoms with E-state index in [4.69, 9.17) is 0 Å². The van der Waals surface area contributed by atoms with Gasteiger partial charge in [-0.05, 0) is 60.1 Å². The van der Waals surface area contributed by atoms with Gasteiger partial charge in [0.15, 0.2) is 0 Å². The second kappa shape index (κ2) is 9.80. The maximum absolute atomic E-state index is 12.8. The number of aryl methyl sites for hydroxylation is 1. The van der Waals surface area contributed by atoms with Crippen LogP contribution in [-0.4, -0.2) is 42.1 Å². The third kappa shape index (κ3) is 5.10. The van der Waals surface area contributed by atoms with Crippen molar-refractivity contribution >= 4 is 34.6 Å². The summed E-state index contributed by atoms with van der Waals surface area (Å²) in [5.41, 5.74) is 3.34. The number of nitrogens with one attached hydrogen (secondary N) is 1. The molecular formula is C22H28N4O2S. The molecule has 0 bridgehead atoms. The molecule has 1 atom stereocenters. The molecule has 0 saturated carbocycles. The van der Waals surface area contributed by atoms with Gasteiger partial charge in [-0.25, -0.2) is 5.01 Å². The maximum Gasteiger partial charge on any atom is 0.267 e. The molecule has 7 heteroatoms. The molecule has 1 aliphatic heterocycles. The average molecular weight is 413 g/mol. The number of benzene rings is 1. The molecule has 1 aromatic heterocycles. The van der Waals surface area contributed by atoms with Crippen LogP contribution in [0, 0.1) is 6.92 Å². The molecule has 1 aromatic carbocycles. The lowest BCUT2D eigenvalue weighted by Gasteiger charge is -2.30. The van der Waals surface area contributed by atoms with Crippen LogP contribution >= 0.6 is 11.3 Å². The summed E-state index contributed by atoms with van der Waals surface area (Å²) in [5, 5.41) is 13.0. The van der Waals surface area contributed by atoms with Crippen LogP contribution in [0.4, 0.5) is 5.69 Å². The zero-order chi connectivity index (χ0) is 20.8. The van der Waals surface area contributed by atoms with E-state index in [1.54, 1.807) is 11.3 Å². The van der Waals surface area contributed by atoms with Crippen LogP contribution in [0.1, 0.15) is 43.9 Å². The fourth-order valence-corrected chi connectivity index (χ4v) is 4.26. The lowest BCUT2D eigenvalue weighted by Crippen LogP contribution is -2.43. The Morgan fingerprint density at radius 3 is 2.72 bits per heavy atom. The zero-order valence-corrected chi connectivity index (χ0v) is 18.0. The van der Waals surface area contributed by atoms with E-state index in [-0.39, 0.29) is 24.3 Å². The molecular weight excluding hydrogens is 384 g/mol. The van der Waals surface area contributed by atoms with E-state index in [9.17, 15) is 9.59 Å². The first kappa shape index (κ1) is 21.2. The molecule has 0 radical (unpaired) electrons. The van der Waals surface area contributed by atoms with Crippen molar-refractivity contribution < 1.29 is 9.59 Å². The number of likely N-dealkylation sites (N-methyl/N-ethyl adjacent to an activating group) is 1. The van der Waals surface area contributed by atoms with E-state index in [0.717, 1.165) is 18.7 Å². The normalized spacial score (nSPS) is 15.4. The molecule has 2 heterocycles. The number of hydrogen-bond acceptors (Lipinski definition) is 5. The number of rotatable bonds is 8. The van der Waals surface area contributed by atoms with Crippen LogP contribution in [0.15, 0.2) is 46.2 Å². The van der Waals surface area contributed by atoms with Crippen molar-refractivity contribution in [3.05, 3.63) is 52.2 Å². The van der Waals surface area contributed by atoms with Crippen molar-refractivity contribution in [1.29, 1.82) is 0 Å². The van der Waals surface area contributed by atoms with Crippen LogP contribution in [-0.2, 0) is 9.59 Å². The summed E-state index contributed by atoms with van der Waals surface area (Å²) in [4.78, 5) is 27.5. The number of hydrogen-bond donors (Lipinski definition) is 1. The molecule has 1 N–H and O–H groups in total. The predicted molar refractivity (Wildman–Crippen MR) is 118 cm³/mol. The number of carbonyl (C=O) groups is 2. The van der Waals surface area contributed by atoms with E-state index in [2.05, 4.69) is 46.0 Å². The fraction of sp³-hybridized carbons (Fsp3) is 0.409. The molecule has 6 nitrogen and oxygen atoms in total. The molecule has 0 unspecified atom stereocenters. The van der Waals surface area contributed by atoms with E-state index >= 15 is 0 Å². The zero-order valence-electron chi connectivity index (χ0n) is 17.2. The summed E-state index contributed by atoms with van der Waals surface area (Å²) in [7, 11) is 0. The van der Waals surface area contributed by atoms with Gasteiger partial charge in [-0.1, -0.05) is 26.0 Å². The van der Waals surface area contributed by atoms with Crippen molar-refractivity contribution in [2.24, 2.45) is 5.10 Å². The number of hydrazone groups is 1. The van der Waals surface area contributed by atoms with Crippen molar-refractivity contribution in [2.45, 2.75) is 39.7 Å². The molecule has 2 aromatic rings. The number of nitrogens with zero attached hydrogens (tertiary/aromatic N) is 3. The van der Waals surface area contributed by atoms with Gasteiger partial charge in [0, 0.05) is 19.4 Å². The summed E-state index contributed by atoms with van der Waals surface area (Å²) >= 11 is 1.66. The summed E-state index contributed by atoms with van der Waals surface area (Å²) in [5.74, 6) is -0.297. The lowest BCUT2D eigenvalue weighted by atomic mass is 10.1. The topological polar surface area (TPSA) is 65.0 Å². The van der Waals surface area contributed by atoms with Crippen molar-refractivity contribution in [1.82, 2.24) is 10.2 Å². The first-order valence-electron chi connectivity index (χ1n) is 10.0. The lowest BCUT2D eigenvalue weighted by molar-refractivity contribution is -0.119. The number of amides is 2. The van der Waals surface area contributed by atoms with Gasteiger partial charge in [-0.15, -0.1) is 0 Å². The third-order valence-corrected chi connectivity index (χ3v) is 5.88. The first-order chi connectivity index (χ1) is 14.0. The number of anilines is 1. The Hall–Kier alpha value is -2.51. The molecule has 29 heavy (non-hydrogen) atoms. The highest BCUT2D eigenvalue weighted by Gasteiger charge is 2.27. The summed E-state index contributed by atoms with van der Waals surface area (Å²) in [6, 6.07) is 9.82. The Kier molecular flexibility index (Phi) is 7.17. The van der Waals surface area contributed by atoms with E-state index in [0.29, 0.717) is 24.4 Å². The van der Waals surface area contributed by atoms with Crippen molar-refractivity contribution in [3.8, 4) is 0 Å². The van der Waals surface area contributed by atoms with Crippen molar-refractivity contribution in [2.75, 3.05) is 24.6 Å². The van der Waals surface area contributed by atoms with E-state index in [1.165, 1.54) is 10.6 Å². The molecule has 0 spiro atoms. The molecule has 0 saturated heterocycles. The maximum atomic E-state index is 12.8. The van der Waals surface area contributed by atoms with Gasteiger partial charge in [0.1, 0.15) is 5.71 Å². The van der Waals surface area contributed by atoms with Gasteiger partial charge in [0.2, 0.25) is 5.91 Å². The highest BCUT2D eigenvalue weighted by molar-refractivity contribution is 7.08. The van der Waals surface area contributed by atoms with Gasteiger partial charge in [0.05, 0.1) is 11.7 Å². The summed E-state index contributed by atoms with van der Waals surface area (Å²) in [6.45, 7) is 8.54. The van der Waals surface area contributed by atoms with E-state index in [1.807, 2.05) is 31.2 Å². The highest BCUT2D eigenvalue weighted by atomic mass is 32.1. The monoisotopic (exact) mass is 412 g/mol. The molecule has 3 rings (SSSR count). The summed E-state index contributed by atoms with van der Waals surface area (Å²) < 4.78 is 0. The molecule has 0 fully saturated rings. The fourth-order valence-electron chi connectivity index (χ4n) is 3.56. The molecule has 1 aliphatic rings. The largest absolute Gasteiger partial charge is 0.349 e. The number of thiophene rings is 1. The molecule has 154 valence electrons. The number of carbonyl (C=O) groups excluding carboxylic acids is 2. The van der Waals surface area contributed by atoms with Gasteiger partial charge >= 0.3 is 0 Å². The smallest absolute Gasteiger partial charge is 0.267 e. The highest BCUT2D eigenvalue weighted by Crippen LogP contribution is 2.23. The quantitative estimate of drug-likeness (QED) is 0.718. The van der Waals surface area contributed by atoms with Gasteiger partial charge in [0.25, 0.3) is 5.91 Å². The van der Waals surface area contributed by atoms with Crippen LogP contribution in [0.3, 0.4) is 0 Å². The minimum atomic E-state index is -0.206. The Morgan fingerprint density at radius 2 is 2.07 bits per heavy atom. The van der Waals surface area contributed by atoms with Gasteiger partial charge < -0.3 is 5.32 Å². The van der Waals surface area contributed by atoms with E-state index < -0.39 is 0 Å². The van der Waals surface area contributed by atoms with Crippen molar-refractivity contribution in [3.63, 3.8) is 0 Å². The standard InChI is InChI=1S/C22H28N4O2S/c1-4-25(5-2)20(17-11-12-29-15-17)14-23-22(28)19-9-10-21(27)26(24-19)18-8-6-7-16(3)13-18/h6-8,11-13,15,20H,4-5,9-10,14H2,1-3H3,(H,23,28)/t20-/m0/s1. The van der Waals surface area contributed by atoms with Gasteiger partial charge in [-0.3, -0.25) is 14.5 Å². The molecule has 2 amide bonds. The Bertz CT molecular complexity index is 875. The van der Waals surface area contributed by atoms with Crippen LogP contribution < -0.4 is 10.3 Å². The second-order valence-corrected chi connectivity index (χ2v) is 7.87. The average Bonchev–Trinajstić information content (AvgIpc) is 3.25. The predicted octanol–water partition coefficient (Wildman–Crippen LogP) is 3.74. The Labute approximate surface area is 176 Å². The Morgan fingerprint density at radius 1 is 1.28 bits per heavy atom. The third-order valence-electron chi connectivity index (χ3n) is 5.18. The molecule has 0 aliphatic carbocycles. The second-order valence-electron chi connectivity index (χ2n) is 7.09. The van der Waals surface area contributed by atoms with Crippen LogP contribution in [0.2, 0.25) is 0 Å². The Balaban J connectivity index is 1.73. The van der Waals surface area contributed by atoms with Crippen LogP contribution in [0.25, 0.3) is 0 Å². The SMILES string of the molecule is CCN(CC)[C@@H](CNC(=O)C1=NN(c2cccc(C)c2)C(=O)CC1)c1ccsc1. The minimum absolute atomic E-state index is 0.0913. The summed E-state index contributed by atoms with van der Waals surface area (Å²) in [6.07, 6.45) is 0.644. The minimum Gasteiger partial charge on any atom is -0.349 e. The van der Waals surface area contributed by atoms with Crippen LogP contribution in [0.5, 0.6) is 0 Å². The van der Waals surface area contributed by atoms with Gasteiger partial charge in [-0.2, -0.15) is 16.4 Å². The first-order valence-corrected chi connectivity index (χ1v) is 11.0.